The van der Waals surface area contributed by atoms with Crippen LogP contribution in [0.25, 0.3) is 0 Å². The van der Waals surface area contributed by atoms with Crippen molar-refractivity contribution in [1.82, 2.24) is 5.32 Å². The standard InChI is InChI=1S/C17H20ClNO/c1-11-10-16(20-4)12(2)9-15(11)17(19-3)13-5-7-14(18)8-6-13/h5-10,17,19H,1-4H3. The van der Waals surface area contributed by atoms with Crippen LogP contribution in [0, 0.1) is 13.8 Å². The van der Waals surface area contributed by atoms with Gasteiger partial charge in [0.2, 0.25) is 0 Å². The average molecular weight is 290 g/mol. The second-order valence-electron chi connectivity index (χ2n) is 4.95. The number of methoxy groups -OCH3 is 1. The molecule has 0 aliphatic carbocycles. The topological polar surface area (TPSA) is 21.3 Å². The Kier molecular flexibility index (Phi) is 4.69. The van der Waals surface area contributed by atoms with Crippen LogP contribution in [-0.2, 0) is 0 Å². The molecule has 0 aromatic heterocycles. The molecule has 0 heterocycles. The van der Waals surface area contributed by atoms with E-state index in [-0.39, 0.29) is 6.04 Å². The number of hydrogen-bond donors (Lipinski definition) is 1. The minimum absolute atomic E-state index is 0.150. The Labute approximate surface area is 125 Å². The van der Waals surface area contributed by atoms with Crippen LogP contribution >= 0.6 is 11.6 Å². The molecule has 106 valence electrons. The van der Waals surface area contributed by atoms with E-state index in [1.54, 1.807) is 7.11 Å². The number of nitrogens with one attached hydrogen (secondary N) is 1. The van der Waals surface area contributed by atoms with Crippen molar-refractivity contribution in [2.24, 2.45) is 0 Å². The van der Waals surface area contributed by atoms with Crippen LogP contribution in [0.5, 0.6) is 5.75 Å². The number of aryl methyl sites for hydroxylation is 2. The summed E-state index contributed by atoms with van der Waals surface area (Å²) in [5.74, 6) is 0.928. The molecule has 2 nitrogen and oxygen atoms in total. The van der Waals surface area contributed by atoms with Gasteiger partial charge in [-0.25, -0.2) is 0 Å². The van der Waals surface area contributed by atoms with Gasteiger partial charge in [0, 0.05) is 5.02 Å². The van der Waals surface area contributed by atoms with Crippen molar-refractivity contribution in [3.63, 3.8) is 0 Å². The van der Waals surface area contributed by atoms with Gasteiger partial charge in [0.15, 0.2) is 0 Å². The van der Waals surface area contributed by atoms with Crippen LogP contribution in [0.2, 0.25) is 5.02 Å². The van der Waals surface area contributed by atoms with Crippen molar-refractivity contribution in [3.8, 4) is 5.75 Å². The Bertz CT molecular complexity index is 593. The Morgan fingerprint density at radius 3 is 2.25 bits per heavy atom. The lowest BCUT2D eigenvalue weighted by molar-refractivity contribution is 0.411. The maximum atomic E-state index is 5.96. The minimum Gasteiger partial charge on any atom is -0.496 e. The molecule has 2 aromatic rings. The summed E-state index contributed by atoms with van der Waals surface area (Å²) in [5, 5.41) is 4.13. The van der Waals surface area contributed by atoms with Gasteiger partial charge in [0.25, 0.3) is 0 Å². The largest absolute Gasteiger partial charge is 0.496 e. The van der Waals surface area contributed by atoms with Crippen molar-refractivity contribution in [2.45, 2.75) is 19.9 Å². The van der Waals surface area contributed by atoms with E-state index in [4.69, 9.17) is 16.3 Å². The smallest absolute Gasteiger partial charge is 0.122 e. The molecule has 2 rings (SSSR count). The minimum atomic E-state index is 0.150. The number of hydrogen-bond acceptors (Lipinski definition) is 2. The fourth-order valence-electron chi connectivity index (χ4n) is 2.50. The van der Waals surface area contributed by atoms with E-state index in [0.717, 1.165) is 16.3 Å². The quantitative estimate of drug-likeness (QED) is 0.907. The average Bonchev–Trinajstić information content (AvgIpc) is 2.45. The van der Waals surface area contributed by atoms with Crippen molar-refractivity contribution < 1.29 is 4.74 Å². The third kappa shape index (κ3) is 2.97. The monoisotopic (exact) mass is 289 g/mol. The molecule has 2 aromatic carbocycles. The second kappa shape index (κ2) is 6.29. The maximum absolute atomic E-state index is 5.96. The summed E-state index contributed by atoms with van der Waals surface area (Å²) >= 11 is 5.96. The van der Waals surface area contributed by atoms with Crippen LogP contribution in [0.1, 0.15) is 28.3 Å². The van der Waals surface area contributed by atoms with Crippen LogP contribution in [0.15, 0.2) is 36.4 Å². The third-order valence-corrected chi connectivity index (χ3v) is 3.84. The zero-order valence-electron chi connectivity index (χ0n) is 12.3. The van der Waals surface area contributed by atoms with Gasteiger partial charge in [-0.15, -0.1) is 0 Å². The molecule has 1 unspecified atom stereocenters. The highest BCUT2D eigenvalue weighted by Gasteiger charge is 2.16. The summed E-state index contributed by atoms with van der Waals surface area (Å²) < 4.78 is 5.38. The highest BCUT2D eigenvalue weighted by atomic mass is 35.5. The normalized spacial score (nSPS) is 12.2. The van der Waals surface area contributed by atoms with E-state index < -0.39 is 0 Å². The van der Waals surface area contributed by atoms with Crippen molar-refractivity contribution in [3.05, 3.63) is 63.7 Å². The molecular weight excluding hydrogens is 270 g/mol. The Hall–Kier alpha value is -1.51. The maximum Gasteiger partial charge on any atom is 0.122 e. The summed E-state index contributed by atoms with van der Waals surface area (Å²) in [4.78, 5) is 0. The highest BCUT2D eigenvalue weighted by Crippen LogP contribution is 2.30. The van der Waals surface area contributed by atoms with E-state index in [2.05, 4.69) is 43.4 Å². The van der Waals surface area contributed by atoms with Crippen molar-refractivity contribution >= 4 is 11.6 Å². The summed E-state index contributed by atoms with van der Waals surface area (Å²) in [6.45, 7) is 4.17. The molecule has 0 amide bonds. The highest BCUT2D eigenvalue weighted by molar-refractivity contribution is 6.30. The fourth-order valence-corrected chi connectivity index (χ4v) is 2.63. The van der Waals surface area contributed by atoms with Crippen LogP contribution in [-0.4, -0.2) is 14.2 Å². The predicted octanol–water partition coefficient (Wildman–Crippen LogP) is 4.27. The molecule has 1 N–H and O–H groups in total. The lowest BCUT2D eigenvalue weighted by atomic mass is 9.93. The van der Waals surface area contributed by atoms with E-state index in [1.807, 2.05) is 19.2 Å². The molecule has 0 aliphatic rings. The molecule has 0 saturated heterocycles. The summed E-state index contributed by atoms with van der Waals surface area (Å²) in [6.07, 6.45) is 0. The van der Waals surface area contributed by atoms with Gasteiger partial charge in [-0.2, -0.15) is 0 Å². The molecule has 20 heavy (non-hydrogen) atoms. The second-order valence-corrected chi connectivity index (χ2v) is 5.39. The molecule has 3 heteroatoms. The van der Waals surface area contributed by atoms with Gasteiger partial charge in [0.05, 0.1) is 13.2 Å². The molecule has 0 aliphatic heterocycles. The predicted molar refractivity (Wildman–Crippen MR) is 84.8 cm³/mol. The number of halogens is 1. The van der Waals surface area contributed by atoms with Gasteiger partial charge in [-0.3, -0.25) is 0 Å². The Morgan fingerprint density at radius 2 is 1.70 bits per heavy atom. The molecule has 0 radical (unpaired) electrons. The first-order chi connectivity index (χ1) is 9.56. The lowest BCUT2D eigenvalue weighted by Crippen LogP contribution is -2.19. The van der Waals surface area contributed by atoms with E-state index in [1.165, 1.54) is 16.7 Å². The molecule has 0 saturated carbocycles. The number of rotatable bonds is 4. The van der Waals surface area contributed by atoms with Gasteiger partial charge in [-0.1, -0.05) is 29.8 Å². The fraction of sp³-hybridized carbons (Fsp3) is 0.294. The third-order valence-electron chi connectivity index (χ3n) is 3.59. The summed E-state index contributed by atoms with van der Waals surface area (Å²) in [6, 6.07) is 12.4. The molecule has 0 fully saturated rings. The Balaban J connectivity index is 2.46. The molecular formula is C17H20ClNO. The summed E-state index contributed by atoms with van der Waals surface area (Å²) in [7, 11) is 3.68. The van der Waals surface area contributed by atoms with Gasteiger partial charge in [-0.05, 0) is 61.3 Å². The lowest BCUT2D eigenvalue weighted by Gasteiger charge is -2.21. The van der Waals surface area contributed by atoms with E-state index in [9.17, 15) is 0 Å². The van der Waals surface area contributed by atoms with E-state index >= 15 is 0 Å². The molecule has 0 spiro atoms. The van der Waals surface area contributed by atoms with E-state index in [0.29, 0.717) is 0 Å². The molecule has 1 atom stereocenters. The first kappa shape index (κ1) is 14.9. The van der Waals surface area contributed by atoms with Crippen LogP contribution in [0.4, 0.5) is 0 Å². The first-order valence-corrected chi connectivity index (χ1v) is 7.02. The summed E-state index contributed by atoms with van der Waals surface area (Å²) in [5.41, 5.74) is 4.81. The number of ether oxygens (including phenoxy) is 1. The molecule has 0 bridgehead atoms. The van der Waals surface area contributed by atoms with Gasteiger partial charge in [0.1, 0.15) is 5.75 Å². The van der Waals surface area contributed by atoms with Crippen molar-refractivity contribution in [2.75, 3.05) is 14.2 Å². The number of benzene rings is 2. The van der Waals surface area contributed by atoms with Crippen LogP contribution in [0.3, 0.4) is 0 Å². The van der Waals surface area contributed by atoms with Crippen LogP contribution < -0.4 is 10.1 Å². The zero-order chi connectivity index (χ0) is 14.7. The van der Waals surface area contributed by atoms with Gasteiger partial charge >= 0.3 is 0 Å². The van der Waals surface area contributed by atoms with Gasteiger partial charge < -0.3 is 10.1 Å². The zero-order valence-corrected chi connectivity index (χ0v) is 13.1. The first-order valence-electron chi connectivity index (χ1n) is 6.64. The van der Waals surface area contributed by atoms with Crippen molar-refractivity contribution in [1.29, 1.82) is 0 Å². The SMILES string of the molecule is CNC(c1ccc(Cl)cc1)c1cc(C)c(OC)cc1C. The Morgan fingerprint density at radius 1 is 1.05 bits per heavy atom.